The van der Waals surface area contributed by atoms with Gasteiger partial charge in [0.2, 0.25) is 0 Å². The highest BCUT2D eigenvalue weighted by atomic mass is 32.2. The SMILES string of the molecule is COC(C)CCSC(O)C(=O)O. The first-order valence-corrected chi connectivity index (χ1v) is 4.68. The van der Waals surface area contributed by atoms with E-state index >= 15 is 0 Å². The Bertz CT molecular complexity index is 139. The standard InChI is InChI=1S/C7H14O4S/c1-5(11-2)3-4-12-7(10)6(8)9/h5,7,10H,3-4H2,1-2H3,(H,8,9). The van der Waals surface area contributed by atoms with Crippen LogP contribution in [0.15, 0.2) is 0 Å². The van der Waals surface area contributed by atoms with Crippen molar-refractivity contribution in [3.8, 4) is 0 Å². The Morgan fingerprint density at radius 1 is 1.67 bits per heavy atom. The maximum atomic E-state index is 10.1. The molecule has 0 bridgehead atoms. The lowest BCUT2D eigenvalue weighted by molar-refractivity contribution is -0.141. The number of aliphatic hydroxyl groups is 1. The molecule has 2 N–H and O–H groups in total. The molecule has 2 atom stereocenters. The van der Waals surface area contributed by atoms with E-state index in [2.05, 4.69) is 0 Å². The summed E-state index contributed by atoms with van der Waals surface area (Å²) in [5, 5.41) is 17.1. The second kappa shape index (κ2) is 6.28. The van der Waals surface area contributed by atoms with Crippen LogP contribution in [0.5, 0.6) is 0 Å². The summed E-state index contributed by atoms with van der Waals surface area (Å²) < 4.78 is 4.95. The number of aliphatic carboxylic acids is 1. The van der Waals surface area contributed by atoms with Crippen molar-refractivity contribution in [2.24, 2.45) is 0 Å². The molecule has 0 aromatic rings. The summed E-state index contributed by atoms with van der Waals surface area (Å²) in [5.74, 6) is -0.604. The molecular formula is C7H14O4S. The smallest absolute Gasteiger partial charge is 0.343 e. The first kappa shape index (κ1) is 11.7. The van der Waals surface area contributed by atoms with Crippen LogP contribution in [-0.4, -0.2) is 40.6 Å². The average Bonchev–Trinajstić information content (AvgIpc) is 2.03. The van der Waals surface area contributed by atoms with Crippen molar-refractivity contribution >= 4 is 17.7 Å². The van der Waals surface area contributed by atoms with Gasteiger partial charge in [0.05, 0.1) is 6.10 Å². The quantitative estimate of drug-likeness (QED) is 0.604. The van der Waals surface area contributed by atoms with Crippen LogP contribution in [0.4, 0.5) is 0 Å². The molecule has 0 aromatic heterocycles. The molecule has 0 radical (unpaired) electrons. The third-order valence-corrected chi connectivity index (χ3v) is 2.40. The van der Waals surface area contributed by atoms with Gasteiger partial charge in [-0.1, -0.05) is 0 Å². The maximum absolute atomic E-state index is 10.1. The van der Waals surface area contributed by atoms with E-state index < -0.39 is 11.4 Å². The second-order valence-corrected chi connectivity index (χ2v) is 3.58. The molecule has 0 aliphatic heterocycles. The van der Waals surface area contributed by atoms with Crippen LogP contribution >= 0.6 is 11.8 Å². The first-order valence-electron chi connectivity index (χ1n) is 3.63. The number of hydrogen-bond donors (Lipinski definition) is 2. The van der Waals surface area contributed by atoms with Crippen LogP contribution in [0.2, 0.25) is 0 Å². The number of thioether (sulfide) groups is 1. The van der Waals surface area contributed by atoms with Crippen molar-refractivity contribution < 1.29 is 19.7 Å². The van der Waals surface area contributed by atoms with Crippen LogP contribution in [0.1, 0.15) is 13.3 Å². The molecule has 12 heavy (non-hydrogen) atoms. The number of methoxy groups -OCH3 is 1. The van der Waals surface area contributed by atoms with Gasteiger partial charge in [0.15, 0.2) is 5.44 Å². The first-order chi connectivity index (χ1) is 5.57. The van der Waals surface area contributed by atoms with Crippen molar-refractivity contribution in [1.29, 1.82) is 0 Å². The molecule has 0 heterocycles. The predicted molar refractivity (Wildman–Crippen MR) is 47.2 cm³/mol. The lowest BCUT2D eigenvalue weighted by atomic mass is 10.3. The Hall–Kier alpha value is -0.260. The third kappa shape index (κ3) is 5.40. The Labute approximate surface area is 75.9 Å². The zero-order valence-electron chi connectivity index (χ0n) is 7.19. The third-order valence-electron chi connectivity index (χ3n) is 1.41. The normalized spacial score (nSPS) is 15.6. The molecule has 4 nitrogen and oxygen atoms in total. The number of hydrogen-bond acceptors (Lipinski definition) is 4. The van der Waals surface area contributed by atoms with Crippen LogP contribution in [-0.2, 0) is 9.53 Å². The molecule has 0 aliphatic rings. The van der Waals surface area contributed by atoms with Gasteiger partial charge in [-0.05, 0) is 19.1 Å². The summed E-state index contributed by atoms with van der Waals surface area (Å²) in [5.41, 5.74) is -1.31. The summed E-state index contributed by atoms with van der Waals surface area (Å²) in [6, 6.07) is 0. The summed E-state index contributed by atoms with van der Waals surface area (Å²) in [6.07, 6.45) is 0.851. The van der Waals surface area contributed by atoms with Gasteiger partial charge in [-0.25, -0.2) is 4.79 Å². The highest BCUT2D eigenvalue weighted by molar-refractivity contribution is 8.00. The van der Waals surface area contributed by atoms with E-state index in [0.29, 0.717) is 5.75 Å². The van der Waals surface area contributed by atoms with Crippen LogP contribution in [0, 0.1) is 0 Å². The van der Waals surface area contributed by atoms with Gasteiger partial charge < -0.3 is 14.9 Å². The minimum absolute atomic E-state index is 0.110. The Morgan fingerprint density at radius 3 is 2.67 bits per heavy atom. The van der Waals surface area contributed by atoms with E-state index in [9.17, 15) is 4.79 Å². The molecule has 5 heteroatoms. The monoisotopic (exact) mass is 194 g/mol. The minimum atomic E-state index is -1.31. The molecule has 0 amide bonds. The topological polar surface area (TPSA) is 66.8 Å². The fraction of sp³-hybridized carbons (Fsp3) is 0.857. The van der Waals surface area contributed by atoms with E-state index in [4.69, 9.17) is 14.9 Å². The van der Waals surface area contributed by atoms with Crippen molar-refractivity contribution in [2.45, 2.75) is 24.9 Å². The minimum Gasteiger partial charge on any atom is -0.479 e. The van der Waals surface area contributed by atoms with E-state index in [1.54, 1.807) is 7.11 Å². The molecule has 0 spiro atoms. The van der Waals surface area contributed by atoms with Crippen molar-refractivity contribution in [3.05, 3.63) is 0 Å². The number of ether oxygens (including phenoxy) is 1. The second-order valence-electron chi connectivity index (χ2n) is 2.40. The lowest BCUT2D eigenvalue weighted by Crippen LogP contribution is -2.16. The lowest BCUT2D eigenvalue weighted by Gasteiger charge is -2.09. The predicted octanol–water partition coefficient (Wildman–Crippen LogP) is 0.548. The Kier molecular flexibility index (Phi) is 6.14. The van der Waals surface area contributed by atoms with Gasteiger partial charge in [0.25, 0.3) is 0 Å². The van der Waals surface area contributed by atoms with Crippen molar-refractivity contribution in [3.63, 3.8) is 0 Å². The van der Waals surface area contributed by atoms with Gasteiger partial charge in [-0.3, -0.25) is 0 Å². The molecule has 0 aromatic carbocycles. The largest absolute Gasteiger partial charge is 0.479 e. The summed E-state index contributed by atoms with van der Waals surface area (Å²) >= 11 is 1.00. The van der Waals surface area contributed by atoms with Gasteiger partial charge in [-0.2, -0.15) is 0 Å². The Morgan fingerprint density at radius 2 is 2.25 bits per heavy atom. The number of aliphatic hydroxyl groups excluding tert-OH is 1. The van der Waals surface area contributed by atoms with Crippen molar-refractivity contribution in [2.75, 3.05) is 12.9 Å². The zero-order valence-corrected chi connectivity index (χ0v) is 8.00. The van der Waals surface area contributed by atoms with Gasteiger partial charge in [0, 0.05) is 7.11 Å². The van der Waals surface area contributed by atoms with E-state index in [1.807, 2.05) is 6.92 Å². The van der Waals surface area contributed by atoms with Gasteiger partial charge >= 0.3 is 5.97 Å². The van der Waals surface area contributed by atoms with E-state index in [1.165, 1.54) is 0 Å². The number of rotatable bonds is 6. The van der Waals surface area contributed by atoms with E-state index in [0.717, 1.165) is 18.2 Å². The number of carboxylic acid groups (broad SMARTS) is 1. The maximum Gasteiger partial charge on any atom is 0.343 e. The van der Waals surface area contributed by atoms with Crippen LogP contribution in [0.3, 0.4) is 0 Å². The molecular weight excluding hydrogens is 180 g/mol. The van der Waals surface area contributed by atoms with Crippen molar-refractivity contribution in [1.82, 2.24) is 0 Å². The summed E-state index contributed by atoms with van der Waals surface area (Å²) in [7, 11) is 1.60. The molecule has 0 fully saturated rings. The molecule has 72 valence electrons. The van der Waals surface area contributed by atoms with Gasteiger partial charge in [0.1, 0.15) is 0 Å². The fourth-order valence-electron chi connectivity index (χ4n) is 0.535. The van der Waals surface area contributed by atoms with Gasteiger partial charge in [-0.15, -0.1) is 11.8 Å². The number of carbonyl (C=O) groups is 1. The molecule has 0 saturated carbocycles. The average molecular weight is 194 g/mol. The molecule has 2 unspecified atom stereocenters. The highest BCUT2D eigenvalue weighted by Crippen LogP contribution is 2.11. The summed E-state index contributed by atoms with van der Waals surface area (Å²) in [4.78, 5) is 10.1. The number of carboxylic acids is 1. The van der Waals surface area contributed by atoms with Crippen LogP contribution in [0.25, 0.3) is 0 Å². The fourth-order valence-corrected chi connectivity index (χ4v) is 1.37. The van der Waals surface area contributed by atoms with E-state index in [-0.39, 0.29) is 6.10 Å². The highest BCUT2D eigenvalue weighted by Gasteiger charge is 2.13. The molecule has 0 rings (SSSR count). The molecule has 0 saturated heterocycles. The Balaban J connectivity index is 3.37. The van der Waals surface area contributed by atoms with Crippen LogP contribution < -0.4 is 0 Å². The molecule has 0 aliphatic carbocycles. The zero-order chi connectivity index (χ0) is 9.56. The summed E-state index contributed by atoms with van der Waals surface area (Å²) in [6.45, 7) is 1.90.